The molecule has 2 amide bonds. The molecule has 1 saturated heterocycles. The maximum absolute atomic E-state index is 12.0. The van der Waals surface area contributed by atoms with Crippen molar-refractivity contribution >= 4 is 24.4 Å². The number of hydrogen-bond acceptors (Lipinski definition) is 3. The average Bonchev–Trinajstić information content (AvgIpc) is 2.67. The number of hydrogen-bond donors (Lipinski definition) is 3. The summed E-state index contributed by atoms with van der Waals surface area (Å²) in [6.07, 6.45) is 0.353. The van der Waals surface area contributed by atoms with Crippen LogP contribution in [0.4, 0.5) is 0 Å². The van der Waals surface area contributed by atoms with Crippen molar-refractivity contribution in [2.75, 3.05) is 6.54 Å². The Labute approximate surface area is 105 Å². The molecule has 0 aliphatic carbocycles. The fourth-order valence-corrected chi connectivity index (χ4v) is 2.03. The van der Waals surface area contributed by atoms with Crippen LogP contribution < -0.4 is 10.6 Å². The summed E-state index contributed by atoms with van der Waals surface area (Å²) in [5.41, 5.74) is 1.51. The molecule has 2 N–H and O–H groups in total. The zero-order chi connectivity index (χ0) is 12.4. The van der Waals surface area contributed by atoms with Gasteiger partial charge in [0.15, 0.2) is 0 Å². The van der Waals surface area contributed by atoms with Crippen LogP contribution in [-0.4, -0.2) is 24.4 Å². The van der Waals surface area contributed by atoms with Crippen LogP contribution >= 0.6 is 12.6 Å². The fourth-order valence-electron chi connectivity index (χ4n) is 1.82. The van der Waals surface area contributed by atoms with E-state index in [-0.39, 0.29) is 17.9 Å². The van der Waals surface area contributed by atoms with Crippen molar-refractivity contribution in [1.29, 1.82) is 0 Å². The standard InChI is InChI=1S/C12H14N2O2S/c1-7-2-3-9(17)5-10(7)12(16)14-8-4-11(15)13-6-8/h2-3,5,8,17H,4,6H2,1H3,(H,13,15)(H,14,16). The monoisotopic (exact) mass is 250 g/mol. The van der Waals surface area contributed by atoms with Crippen molar-refractivity contribution in [2.45, 2.75) is 24.3 Å². The van der Waals surface area contributed by atoms with Crippen LogP contribution in [0.25, 0.3) is 0 Å². The van der Waals surface area contributed by atoms with E-state index in [1.807, 2.05) is 19.1 Å². The van der Waals surface area contributed by atoms with Crippen LogP contribution in [0, 0.1) is 6.92 Å². The number of benzene rings is 1. The zero-order valence-electron chi connectivity index (χ0n) is 9.49. The van der Waals surface area contributed by atoms with Crippen molar-refractivity contribution in [3.05, 3.63) is 29.3 Å². The van der Waals surface area contributed by atoms with Gasteiger partial charge in [0.1, 0.15) is 0 Å². The second kappa shape index (κ2) is 4.79. The summed E-state index contributed by atoms with van der Waals surface area (Å²) in [6, 6.07) is 5.32. The Balaban J connectivity index is 2.09. The molecule has 0 radical (unpaired) electrons. The van der Waals surface area contributed by atoms with Gasteiger partial charge < -0.3 is 10.6 Å². The normalized spacial score (nSPS) is 18.9. The zero-order valence-corrected chi connectivity index (χ0v) is 10.4. The maximum Gasteiger partial charge on any atom is 0.251 e. The highest BCUT2D eigenvalue weighted by Gasteiger charge is 2.23. The van der Waals surface area contributed by atoms with Crippen LogP contribution in [0.1, 0.15) is 22.3 Å². The van der Waals surface area contributed by atoms with Crippen LogP contribution in [0.5, 0.6) is 0 Å². The predicted molar refractivity (Wildman–Crippen MR) is 67.3 cm³/mol. The van der Waals surface area contributed by atoms with E-state index in [0.717, 1.165) is 10.5 Å². The third-order valence-corrected chi connectivity index (χ3v) is 3.06. The molecule has 0 spiro atoms. The van der Waals surface area contributed by atoms with E-state index in [0.29, 0.717) is 18.5 Å². The predicted octanol–water partition coefficient (Wildman–Crippen LogP) is 0.902. The largest absolute Gasteiger partial charge is 0.354 e. The van der Waals surface area contributed by atoms with Crippen molar-refractivity contribution in [3.63, 3.8) is 0 Å². The molecule has 0 aromatic heterocycles. The van der Waals surface area contributed by atoms with E-state index in [9.17, 15) is 9.59 Å². The van der Waals surface area contributed by atoms with Gasteiger partial charge in [-0.3, -0.25) is 9.59 Å². The van der Waals surface area contributed by atoms with Gasteiger partial charge in [0.25, 0.3) is 5.91 Å². The molecule has 1 atom stereocenters. The van der Waals surface area contributed by atoms with Gasteiger partial charge in [0.05, 0.1) is 6.04 Å². The maximum atomic E-state index is 12.0. The minimum Gasteiger partial charge on any atom is -0.354 e. The summed E-state index contributed by atoms with van der Waals surface area (Å²) in [7, 11) is 0. The van der Waals surface area contributed by atoms with E-state index in [4.69, 9.17) is 0 Å². The highest BCUT2D eigenvalue weighted by atomic mass is 32.1. The molecule has 17 heavy (non-hydrogen) atoms. The first-order chi connectivity index (χ1) is 8.06. The lowest BCUT2D eigenvalue weighted by Crippen LogP contribution is -2.36. The number of nitrogens with one attached hydrogen (secondary N) is 2. The summed E-state index contributed by atoms with van der Waals surface area (Å²) in [6.45, 7) is 2.38. The molecule has 1 unspecified atom stereocenters. The summed E-state index contributed by atoms with van der Waals surface area (Å²) in [5.74, 6) is -0.171. The average molecular weight is 250 g/mol. The second-order valence-electron chi connectivity index (χ2n) is 4.18. The molecule has 4 nitrogen and oxygen atoms in total. The molecule has 1 aliphatic rings. The highest BCUT2D eigenvalue weighted by molar-refractivity contribution is 7.80. The van der Waals surface area contributed by atoms with Crippen LogP contribution in [0.3, 0.4) is 0 Å². The summed E-state index contributed by atoms with van der Waals surface area (Å²) >= 11 is 4.21. The molecule has 1 fully saturated rings. The first kappa shape index (κ1) is 12.0. The van der Waals surface area contributed by atoms with E-state index in [1.54, 1.807) is 6.07 Å². The van der Waals surface area contributed by atoms with Crippen molar-refractivity contribution < 1.29 is 9.59 Å². The lowest BCUT2D eigenvalue weighted by molar-refractivity contribution is -0.119. The van der Waals surface area contributed by atoms with Gasteiger partial charge in [-0.15, -0.1) is 12.6 Å². The Hall–Kier alpha value is -1.49. The third-order valence-electron chi connectivity index (χ3n) is 2.78. The van der Waals surface area contributed by atoms with Crippen LogP contribution in [0.2, 0.25) is 0 Å². The van der Waals surface area contributed by atoms with Gasteiger partial charge in [-0.25, -0.2) is 0 Å². The third kappa shape index (κ3) is 2.79. The van der Waals surface area contributed by atoms with Crippen LogP contribution in [-0.2, 0) is 4.79 Å². The molecule has 1 aliphatic heterocycles. The van der Waals surface area contributed by atoms with Gasteiger partial charge in [0.2, 0.25) is 5.91 Å². The molecular formula is C12H14N2O2S. The number of amides is 2. The Bertz CT molecular complexity index is 474. The lowest BCUT2D eigenvalue weighted by atomic mass is 10.1. The Morgan fingerprint density at radius 3 is 2.94 bits per heavy atom. The smallest absolute Gasteiger partial charge is 0.251 e. The van der Waals surface area contributed by atoms with Gasteiger partial charge in [-0.05, 0) is 24.6 Å². The van der Waals surface area contributed by atoms with Gasteiger partial charge >= 0.3 is 0 Å². The molecular weight excluding hydrogens is 236 g/mol. The number of carbonyl (C=O) groups excluding carboxylic acids is 2. The van der Waals surface area contributed by atoms with E-state index < -0.39 is 0 Å². The molecule has 0 bridgehead atoms. The second-order valence-corrected chi connectivity index (χ2v) is 4.69. The molecule has 90 valence electrons. The van der Waals surface area contributed by atoms with Crippen molar-refractivity contribution in [2.24, 2.45) is 0 Å². The Kier molecular flexibility index (Phi) is 3.38. The minimum atomic E-state index is -0.153. The number of carbonyl (C=O) groups is 2. The van der Waals surface area contributed by atoms with Gasteiger partial charge in [-0.2, -0.15) is 0 Å². The van der Waals surface area contributed by atoms with E-state index in [2.05, 4.69) is 23.3 Å². The minimum absolute atomic E-state index is 0.0185. The van der Waals surface area contributed by atoms with Crippen molar-refractivity contribution in [3.8, 4) is 0 Å². The molecule has 1 aromatic carbocycles. The topological polar surface area (TPSA) is 58.2 Å². The molecule has 2 rings (SSSR count). The summed E-state index contributed by atoms with van der Waals surface area (Å²) in [4.78, 5) is 23.8. The number of rotatable bonds is 2. The molecule has 5 heteroatoms. The lowest BCUT2D eigenvalue weighted by Gasteiger charge is -2.12. The SMILES string of the molecule is Cc1ccc(S)cc1C(=O)NC1CNC(=O)C1. The van der Waals surface area contributed by atoms with Gasteiger partial charge in [-0.1, -0.05) is 6.07 Å². The number of aryl methyl sites for hydroxylation is 1. The van der Waals surface area contributed by atoms with E-state index in [1.165, 1.54) is 0 Å². The molecule has 1 aromatic rings. The first-order valence-electron chi connectivity index (χ1n) is 5.43. The quantitative estimate of drug-likeness (QED) is 0.683. The van der Waals surface area contributed by atoms with Gasteiger partial charge in [0, 0.05) is 23.4 Å². The Morgan fingerprint density at radius 2 is 2.29 bits per heavy atom. The number of thiol groups is 1. The molecule has 1 heterocycles. The fraction of sp³-hybridized carbons (Fsp3) is 0.333. The first-order valence-corrected chi connectivity index (χ1v) is 5.88. The van der Waals surface area contributed by atoms with E-state index >= 15 is 0 Å². The summed E-state index contributed by atoms with van der Waals surface area (Å²) < 4.78 is 0. The summed E-state index contributed by atoms with van der Waals surface area (Å²) in [5, 5.41) is 5.52. The molecule has 0 saturated carbocycles. The Morgan fingerprint density at radius 1 is 1.53 bits per heavy atom. The van der Waals surface area contributed by atoms with Crippen LogP contribution in [0.15, 0.2) is 23.1 Å². The van der Waals surface area contributed by atoms with Crippen molar-refractivity contribution in [1.82, 2.24) is 10.6 Å². The highest BCUT2D eigenvalue weighted by Crippen LogP contribution is 2.14.